The van der Waals surface area contributed by atoms with Crippen LogP contribution in [0.3, 0.4) is 0 Å². The Balaban J connectivity index is 1.35. The fraction of sp³-hybridized carbons (Fsp3) is 0.273. The zero-order valence-corrected chi connectivity index (χ0v) is 23.1. The third kappa shape index (κ3) is 3.72. The maximum atomic E-state index is 14.3. The predicted molar refractivity (Wildman–Crippen MR) is 155 cm³/mol. The molecule has 2 aliphatic carbocycles. The van der Waals surface area contributed by atoms with Gasteiger partial charge in [-0.05, 0) is 61.6 Å². The molecule has 4 aliphatic rings. The van der Waals surface area contributed by atoms with E-state index in [4.69, 9.17) is 0 Å². The smallest absolute Gasteiger partial charge is 0.271 e. The Morgan fingerprint density at radius 3 is 2.23 bits per heavy atom. The lowest BCUT2D eigenvalue weighted by Gasteiger charge is -2.49. The van der Waals surface area contributed by atoms with Gasteiger partial charge in [-0.3, -0.25) is 29.3 Å². The Bertz CT molecular complexity index is 1750. The predicted octanol–water partition coefficient (Wildman–Crippen LogP) is 4.74. The van der Waals surface area contributed by atoms with Gasteiger partial charge in [-0.15, -0.1) is 0 Å². The number of nitrogens with zero attached hydrogens (tertiary/aromatic N) is 3. The van der Waals surface area contributed by atoms with Crippen LogP contribution >= 0.6 is 0 Å². The first-order valence-electron chi connectivity index (χ1n) is 14.2. The lowest BCUT2D eigenvalue weighted by molar-refractivity contribution is -0.384. The number of benzene rings is 3. The van der Waals surface area contributed by atoms with Crippen molar-refractivity contribution in [3.05, 3.63) is 106 Å². The first-order valence-corrected chi connectivity index (χ1v) is 14.2. The van der Waals surface area contributed by atoms with Crippen LogP contribution in [0.15, 0.2) is 90.5 Å². The van der Waals surface area contributed by atoms with Gasteiger partial charge < -0.3 is 5.11 Å². The molecule has 7 rings (SSSR count). The molecule has 3 aromatic carbocycles. The molecule has 0 aromatic heterocycles. The van der Waals surface area contributed by atoms with Gasteiger partial charge in [-0.2, -0.15) is 0 Å². The number of allylic oxidation sites excluding steroid dienone is 2. The summed E-state index contributed by atoms with van der Waals surface area (Å²) in [6.07, 6.45) is 2.40. The lowest BCUT2D eigenvalue weighted by Crippen LogP contribution is -2.48. The molecule has 4 amide bonds. The second-order valence-corrected chi connectivity index (χ2v) is 11.9. The highest BCUT2D eigenvalue weighted by Gasteiger charge is 2.67. The van der Waals surface area contributed by atoms with Gasteiger partial charge in [0.15, 0.2) is 0 Å². The summed E-state index contributed by atoms with van der Waals surface area (Å²) in [5, 5.41) is 21.4. The molecule has 1 N–H and O–H groups in total. The van der Waals surface area contributed by atoms with Gasteiger partial charge in [0.05, 0.1) is 39.5 Å². The third-order valence-electron chi connectivity index (χ3n) is 9.81. The molecule has 2 aliphatic heterocycles. The van der Waals surface area contributed by atoms with Crippen LogP contribution in [0.25, 0.3) is 0 Å². The quantitative estimate of drug-likeness (QED) is 0.205. The van der Waals surface area contributed by atoms with E-state index in [1.54, 1.807) is 49.4 Å². The number of rotatable bonds is 4. The van der Waals surface area contributed by atoms with Crippen molar-refractivity contribution in [1.82, 2.24) is 0 Å². The van der Waals surface area contributed by atoms with Crippen molar-refractivity contribution in [3.63, 3.8) is 0 Å². The highest BCUT2D eigenvalue weighted by atomic mass is 16.6. The third-order valence-corrected chi connectivity index (χ3v) is 9.81. The Morgan fingerprint density at radius 2 is 1.53 bits per heavy atom. The summed E-state index contributed by atoms with van der Waals surface area (Å²) < 4.78 is 0. The average molecular weight is 578 g/mol. The number of nitro benzene ring substituents is 1. The number of hydrogen-bond acceptors (Lipinski definition) is 7. The molecule has 2 heterocycles. The van der Waals surface area contributed by atoms with E-state index in [1.807, 2.05) is 6.08 Å². The summed E-state index contributed by atoms with van der Waals surface area (Å²) in [5.74, 6) is -4.87. The summed E-state index contributed by atoms with van der Waals surface area (Å²) in [7, 11) is 0. The molecule has 1 saturated carbocycles. The number of nitro groups is 1. The molecule has 0 bridgehead atoms. The number of amides is 4. The van der Waals surface area contributed by atoms with Crippen molar-refractivity contribution in [3.8, 4) is 5.75 Å². The molecule has 0 radical (unpaired) electrons. The molecule has 2 saturated heterocycles. The Labute approximate surface area is 246 Å². The van der Waals surface area contributed by atoms with Crippen molar-refractivity contribution < 1.29 is 29.2 Å². The van der Waals surface area contributed by atoms with E-state index in [2.05, 4.69) is 0 Å². The number of phenols is 1. The standard InChI is InChI=1S/C33H27N3O7/c1-33-26(30(39)35(32(33)41)19-6-3-2-4-7-19)17-25-23(28(33)18-10-12-22(37)13-11-18)14-15-24-27(25)31(40)34(29(24)38)20-8-5-9-21(16-20)36(42)43/h2-14,16,24-28,37H,15,17H2,1H3/t24-,25+,26-,27-,28-,33+/m0/s1. The minimum Gasteiger partial charge on any atom is -0.508 e. The van der Waals surface area contributed by atoms with E-state index >= 15 is 0 Å². The SMILES string of the molecule is C[C@@]12C(=O)N(c3ccccc3)C(=O)[C@@H]1C[C@@H]1C(=CC[C@@H]3C(=O)N(c4cccc([N+](=O)[O-])c4)C(=O)[C@@H]31)[C@@H]2c1ccc(O)cc1. The van der Waals surface area contributed by atoms with Crippen LogP contribution in [0.1, 0.15) is 31.2 Å². The first kappa shape index (κ1) is 26.8. The highest BCUT2D eigenvalue weighted by Crippen LogP contribution is 2.63. The number of carbonyl (C=O) groups excluding carboxylic acids is 4. The second kappa shape index (κ2) is 9.45. The van der Waals surface area contributed by atoms with E-state index < -0.39 is 51.7 Å². The topological polar surface area (TPSA) is 138 Å². The van der Waals surface area contributed by atoms with Crippen LogP contribution in [0, 0.1) is 39.2 Å². The number of fused-ring (bicyclic) bond motifs is 4. The number of hydrogen-bond donors (Lipinski definition) is 1. The summed E-state index contributed by atoms with van der Waals surface area (Å²) in [5.41, 5.74) is 0.745. The van der Waals surface area contributed by atoms with E-state index in [0.717, 1.165) is 16.0 Å². The largest absolute Gasteiger partial charge is 0.508 e. The summed E-state index contributed by atoms with van der Waals surface area (Å²) in [4.78, 5) is 69.3. The van der Waals surface area contributed by atoms with Gasteiger partial charge in [0.1, 0.15) is 5.75 Å². The van der Waals surface area contributed by atoms with Crippen molar-refractivity contribution >= 4 is 40.7 Å². The minimum atomic E-state index is -1.18. The number of aromatic hydroxyl groups is 1. The van der Waals surface area contributed by atoms with Gasteiger partial charge in [0.25, 0.3) is 5.69 Å². The first-order chi connectivity index (χ1) is 20.6. The lowest BCUT2D eigenvalue weighted by atomic mass is 9.51. The molecule has 3 fully saturated rings. The Kier molecular flexibility index (Phi) is 5.88. The van der Waals surface area contributed by atoms with Crippen LogP contribution in [0.5, 0.6) is 5.75 Å². The van der Waals surface area contributed by atoms with Crippen molar-refractivity contribution in [1.29, 1.82) is 0 Å². The number of non-ortho nitro benzene ring substituents is 1. The zero-order chi connectivity index (χ0) is 30.2. The fourth-order valence-electron chi connectivity index (χ4n) is 7.89. The van der Waals surface area contributed by atoms with E-state index in [0.29, 0.717) is 5.69 Å². The fourth-order valence-corrected chi connectivity index (χ4v) is 7.89. The number of para-hydroxylation sites is 1. The molecular weight excluding hydrogens is 550 g/mol. The number of carbonyl (C=O) groups is 4. The van der Waals surface area contributed by atoms with Gasteiger partial charge in [0, 0.05) is 18.1 Å². The molecule has 43 heavy (non-hydrogen) atoms. The number of phenolic OH excluding ortho intramolecular Hbond substituents is 1. The van der Waals surface area contributed by atoms with Crippen LogP contribution in [-0.2, 0) is 19.2 Å². The van der Waals surface area contributed by atoms with Crippen LogP contribution < -0.4 is 9.80 Å². The maximum absolute atomic E-state index is 14.3. The Morgan fingerprint density at radius 1 is 0.837 bits per heavy atom. The normalized spacial score (nSPS) is 29.7. The van der Waals surface area contributed by atoms with E-state index in [9.17, 15) is 34.4 Å². The van der Waals surface area contributed by atoms with E-state index in [-0.39, 0.29) is 41.8 Å². The van der Waals surface area contributed by atoms with Gasteiger partial charge in [-0.25, -0.2) is 9.80 Å². The number of imide groups is 2. The van der Waals surface area contributed by atoms with Crippen molar-refractivity contribution in [2.45, 2.75) is 25.7 Å². The molecule has 0 spiro atoms. The van der Waals surface area contributed by atoms with Crippen molar-refractivity contribution in [2.75, 3.05) is 9.80 Å². The molecule has 3 aromatic rings. The van der Waals surface area contributed by atoms with Crippen LogP contribution in [-0.4, -0.2) is 33.7 Å². The van der Waals surface area contributed by atoms with Crippen LogP contribution in [0.2, 0.25) is 0 Å². The van der Waals surface area contributed by atoms with Gasteiger partial charge in [0.2, 0.25) is 23.6 Å². The molecule has 216 valence electrons. The molecule has 10 heteroatoms. The summed E-state index contributed by atoms with van der Waals surface area (Å²) in [6, 6.07) is 20.7. The summed E-state index contributed by atoms with van der Waals surface area (Å²) >= 11 is 0. The molecule has 0 unspecified atom stereocenters. The average Bonchev–Trinajstić information content (AvgIpc) is 3.37. The van der Waals surface area contributed by atoms with E-state index in [1.165, 1.54) is 41.3 Å². The Hall–Kier alpha value is -5.12. The second-order valence-electron chi connectivity index (χ2n) is 11.9. The van der Waals surface area contributed by atoms with Gasteiger partial charge in [-0.1, -0.05) is 48.0 Å². The molecule has 10 nitrogen and oxygen atoms in total. The number of anilines is 2. The summed E-state index contributed by atoms with van der Waals surface area (Å²) in [6.45, 7) is 1.80. The highest BCUT2D eigenvalue weighted by molar-refractivity contribution is 6.25. The zero-order valence-electron chi connectivity index (χ0n) is 23.1. The molecular formula is C33H27N3O7. The molecule has 6 atom stereocenters. The van der Waals surface area contributed by atoms with Gasteiger partial charge >= 0.3 is 0 Å². The van der Waals surface area contributed by atoms with Crippen molar-refractivity contribution in [2.24, 2.45) is 29.1 Å². The monoisotopic (exact) mass is 577 g/mol. The maximum Gasteiger partial charge on any atom is 0.271 e. The van der Waals surface area contributed by atoms with Crippen LogP contribution in [0.4, 0.5) is 17.1 Å². The minimum absolute atomic E-state index is 0.0550.